The molecule has 0 radical (unpaired) electrons. The quantitative estimate of drug-likeness (QED) is 0.927. The summed E-state index contributed by atoms with van der Waals surface area (Å²) in [5.41, 5.74) is 0.290. The van der Waals surface area contributed by atoms with Gasteiger partial charge in [-0.3, -0.25) is 4.79 Å². The zero-order chi connectivity index (χ0) is 14.7. The predicted octanol–water partition coefficient (Wildman–Crippen LogP) is 3.27. The van der Waals surface area contributed by atoms with Gasteiger partial charge >= 0.3 is 0 Å². The lowest BCUT2D eigenvalue weighted by molar-refractivity contribution is 0.0932. The van der Waals surface area contributed by atoms with Crippen molar-refractivity contribution < 1.29 is 4.79 Å². The van der Waals surface area contributed by atoms with Gasteiger partial charge in [-0.25, -0.2) is 9.97 Å². The van der Waals surface area contributed by atoms with Gasteiger partial charge in [0.1, 0.15) is 11.5 Å². The summed E-state index contributed by atoms with van der Waals surface area (Å²) in [7, 11) is 0. The zero-order valence-corrected chi connectivity index (χ0v) is 13.6. The minimum absolute atomic E-state index is 0.172. The minimum Gasteiger partial charge on any atom is -0.348 e. The van der Waals surface area contributed by atoms with Crippen LogP contribution < -0.4 is 5.32 Å². The molecule has 2 unspecified atom stereocenters. The molecular weight excluding hydrogens is 294 g/mol. The molecule has 1 aliphatic rings. The van der Waals surface area contributed by atoms with Gasteiger partial charge in [0, 0.05) is 17.2 Å². The van der Waals surface area contributed by atoms with Gasteiger partial charge in [-0.2, -0.15) is 11.8 Å². The van der Waals surface area contributed by atoms with Gasteiger partial charge in [0.05, 0.1) is 11.2 Å². The van der Waals surface area contributed by atoms with E-state index in [1.54, 1.807) is 0 Å². The van der Waals surface area contributed by atoms with Gasteiger partial charge in [-0.15, -0.1) is 0 Å². The van der Waals surface area contributed by atoms with E-state index >= 15 is 0 Å². The van der Waals surface area contributed by atoms with E-state index in [9.17, 15) is 4.79 Å². The number of nitrogens with zero attached hydrogens (tertiary/aromatic N) is 2. The van der Waals surface area contributed by atoms with Crippen molar-refractivity contribution in [3.8, 4) is 0 Å². The van der Waals surface area contributed by atoms with Crippen LogP contribution in [0.3, 0.4) is 0 Å². The Bertz CT molecular complexity index is 495. The molecule has 0 aromatic carbocycles. The van der Waals surface area contributed by atoms with Gasteiger partial charge in [0.25, 0.3) is 5.91 Å². The van der Waals surface area contributed by atoms with Crippen LogP contribution in [0.15, 0.2) is 6.20 Å². The first-order valence-electron chi connectivity index (χ1n) is 6.87. The summed E-state index contributed by atoms with van der Waals surface area (Å²) in [5.74, 6) is 0.630. The van der Waals surface area contributed by atoms with Crippen molar-refractivity contribution in [2.45, 2.75) is 50.3 Å². The summed E-state index contributed by atoms with van der Waals surface area (Å²) < 4.78 is 0. The maximum Gasteiger partial charge on any atom is 0.271 e. The number of hydrogen-bond acceptors (Lipinski definition) is 4. The average Bonchev–Trinajstić information content (AvgIpc) is 2.86. The van der Waals surface area contributed by atoms with Crippen molar-refractivity contribution in [1.29, 1.82) is 0 Å². The minimum atomic E-state index is -0.189. The molecule has 20 heavy (non-hydrogen) atoms. The normalized spacial score (nSPS) is 22.2. The molecule has 1 aromatic heterocycles. The van der Waals surface area contributed by atoms with Gasteiger partial charge in [-0.05, 0) is 25.5 Å². The van der Waals surface area contributed by atoms with E-state index < -0.39 is 0 Å². The molecule has 2 rings (SSSR count). The van der Waals surface area contributed by atoms with Crippen LogP contribution in [0.5, 0.6) is 0 Å². The molecule has 4 nitrogen and oxygen atoms in total. The van der Waals surface area contributed by atoms with Crippen LogP contribution in [-0.2, 0) is 0 Å². The summed E-state index contributed by atoms with van der Waals surface area (Å²) in [6.07, 6.45) is 6.83. The number of hydrogen-bond donors (Lipinski definition) is 1. The fourth-order valence-corrected chi connectivity index (χ4v) is 3.33. The van der Waals surface area contributed by atoms with E-state index in [0.717, 1.165) is 19.3 Å². The molecule has 1 amide bonds. The van der Waals surface area contributed by atoms with E-state index in [1.165, 1.54) is 6.20 Å². The second kappa shape index (κ2) is 6.76. The Hall–Kier alpha value is -0.810. The Kier molecular flexibility index (Phi) is 5.27. The lowest BCUT2D eigenvalue weighted by atomic mass is 10.2. The SMILES string of the molecule is CSC1CCC(NC(=O)c2nc(C(C)C)ncc2Cl)C1. The first-order valence-corrected chi connectivity index (χ1v) is 8.54. The molecule has 1 aromatic rings. The van der Waals surface area contributed by atoms with Crippen LogP contribution >= 0.6 is 23.4 Å². The Morgan fingerprint density at radius 1 is 1.50 bits per heavy atom. The highest BCUT2D eigenvalue weighted by Crippen LogP contribution is 2.28. The van der Waals surface area contributed by atoms with Crippen molar-refractivity contribution in [3.05, 3.63) is 22.7 Å². The largest absolute Gasteiger partial charge is 0.348 e. The molecule has 1 heterocycles. The van der Waals surface area contributed by atoms with E-state index in [1.807, 2.05) is 25.6 Å². The molecule has 6 heteroatoms. The van der Waals surface area contributed by atoms with Crippen LogP contribution in [0.1, 0.15) is 55.3 Å². The number of carbonyl (C=O) groups excluding carboxylic acids is 1. The van der Waals surface area contributed by atoms with E-state index in [0.29, 0.717) is 16.1 Å². The van der Waals surface area contributed by atoms with Crippen LogP contribution in [0.2, 0.25) is 5.02 Å². The van der Waals surface area contributed by atoms with Crippen LogP contribution in [0.25, 0.3) is 0 Å². The van der Waals surface area contributed by atoms with Gasteiger partial charge in [0.2, 0.25) is 0 Å². The molecule has 0 bridgehead atoms. The van der Waals surface area contributed by atoms with Crippen molar-refractivity contribution in [2.24, 2.45) is 0 Å². The Morgan fingerprint density at radius 2 is 2.25 bits per heavy atom. The first kappa shape index (κ1) is 15.6. The highest BCUT2D eigenvalue weighted by atomic mass is 35.5. The van der Waals surface area contributed by atoms with Crippen molar-refractivity contribution in [3.63, 3.8) is 0 Å². The predicted molar refractivity (Wildman–Crippen MR) is 83.5 cm³/mol. The smallest absolute Gasteiger partial charge is 0.271 e. The molecule has 0 aliphatic heterocycles. The molecule has 0 saturated heterocycles. The molecule has 2 atom stereocenters. The molecule has 1 fully saturated rings. The van der Waals surface area contributed by atoms with E-state index in [2.05, 4.69) is 21.5 Å². The molecule has 1 N–H and O–H groups in total. The summed E-state index contributed by atoms with van der Waals surface area (Å²) in [6.45, 7) is 3.98. The average molecular weight is 314 g/mol. The molecule has 0 spiro atoms. The highest BCUT2D eigenvalue weighted by molar-refractivity contribution is 7.99. The highest BCUT2D eigenvalue weighted by Gasteiger charge is 2.26. The summed E-state index contributed by atoms with van der Waals surface area (Å²) in [5, 5.41) is 4.00. The first-order chi connectivity index (χ1) is 9.51. The number of aromatic nitrogens is 2. The topological polar surface area (TPSA) is 54.9 Å². The third-order valence-corrected chi connectivity index (χ3v) is 4.92. The summed E-state index contributed by atoms with van der Waals surface area (Å²) >= 11 is 7.91. The monoisotopic (exact) mass is 313 g/mol. The van der Waals surface area contributed by atoms with Gasteiger partial charge < -0.3 is 5.32 Å². The van der Waals surface area contributed by atoms with Crippen molar-refractivity contribution >= 4 is 29.3 Å². The third-order valence-electron chi connectivity index (χ3n) is 3.55. The Balaban J connectivity index is 2.07. The van der Waals surface area contributed by atoms with Crippen LogP contribution in [0, 0.1) is 0 Å². The van der Waals surface area contributed by atoms with E-state index in [4.69, 9.17) is 11.6 Å². The molecule has 110 valence electrons. The second-order valence-corrected chi connectivity index (χ2v) is 6.97. The fraction of sp³-hybridized carbons (Fsp3) is 0.643. The number of nitrogens with one attached hydrogen (secondary N) is 1. The van der Waals surface area contributed by atoms with Crippen molar-refractivity contribution in [2.75, 3.05) is 6.26 Å². The standard InChI is InChI=1S/C14H20ClN3OS/c1-8(2)13-16-7-11(15)12(18-13)14(19)17-9-4-5-10(6-9)20-3/h7-10H,4-6H2,1-3H3,(H,17,19). The third kappa shape index (κ3) is 3.64. The molecular formula is C14H20ClN3OS. The van der Waals surface area contributed by atoms with Crippen LogP contribution in [0.4, 0.5) is 0 Å². The number of thioether (sulfide) groups is 1. The summed E-state index contributed by atoms with van der Waals surface area (Å²) in [4.78, 5) is 20.7. The van der Waals surface area contributed by atoms with Gasteiger partial charge in [0.15, 0.2) is 0 Å². The number of amides is 1. The van der Waals surface area contributed by atoms with E-state index in [-0.39, 0.29) is 23.6 Å². The maximum absolute atomic E-state index is 12.3. The maximum atomic E-state index is 12.3. The van der Waals surface area contributed by atoms with Crippen molar-refractivity contribution in [1.82, 2.24) is 15.3 Å². The van der Waals surface area contributed by atoms with Crippen LogP contribution in [-0.4, -0.2) is 33.4 Å². The second-order valence-electron chi connectivity index (χ2n) is 5.42. The molecule has 1 saturated carbocycles. The number of carbonyl (C=O) groups is 1. The van der Waals surface area contributed by atoms with Gasteiger partial charge in [-0.1, -0.05) is 25.4 Å². The number of rotatable bonds is 4. The fourth-order valence-electron chi connectivity index (χ4n) is 2.36. The molecule has 1 aliphatic carbocycles. The number of halogens is 1. The Morgan fingerprint density at radius 3 is 2.85 bits per heavy atom. The zero-order valence-electron chi connectivity index (χ0n) is 12.0. The Labute approximate surface area is 129 Å². The summed E-state index contributed by atoms with van der Waals surface area (Å²) in [6, 6.07) is 0.230. The lowest BCUT2D eigenvalue weighted by Gasteiger charge is -2.14. The lowest BCUT2D eigenvalue weighted by Crippen LogP contribution is -2.34.